The van der Waals surface area contributed by atoms with Crippen LogP contribution in [0, 0.1) is 0 Å². The molecule has 1 rings (SSSR count). The maximum absolute atomic E-state index is 12.1. The van der Waals surface area contributed by atoms with E-state index in [0.29, 0.717) is 11.3 Å². The largest absolute Gasteiger partial charge is 0.240 e. The molecule has 108 valence electrons. The highest BCUT2D eigenvalue weighted by Crippen LogP contribution is 2.14. The molecule has 0 aliphatic heterocycles. The molecule has 1 aromatic rings. The van der Waals surface area contributed by atoms with E-state index in [2.05, 4.69) is 11.6 Å². The Morgan fingerprint density at radius 2 is 1.79 bits per heavy atom. The third-order valence-electron chi connectivity index (χ3n) is 2.81. The van der Waals surface area contributed by atoms with Gasteiger partial charge < -0.3 is 0 Å². The minimum atomic E-state index is -3.45. The first kappa shape index (κ1) is 16.5. The maximum Gasteiger partial charge on any atom is 0.240 e. The molecule has 0 bridgehead atoms. The Bertz CT molecular complexity index is 483. The van der Waals surface area contributed by atoms with Gasteiger partial charge in [0.1, 0.15) is 0 Å². The van der Waals surface area contributed by atoms with Crippen molar-refractivity contribution in [3.63, 3.8) is 0 Å². The van der Waals surface area contributed by atoms with Crippen LogP contribution in [0.15, 0.2) is 29.2 Å². The van der Waals surface area contributed by atoms with E-state index in [-0.39, 0.29) is 11.4 Å². The van der Waals surface area contributed by atoms with Crippen LogP contribution < -0.4 is 4.72 Å². The van der Waals surface area contributed by atoms with Crippen molar-refractivity contribution < 1.29 is 8.42 Å². The zero-order valence-corrected chi connectivity index (χ0v) is 13.3. The summed E-state index contributed by atoms with van der Waals surface area (Å²) in [6.45, 7) is 5.77. The molecule has 0 amide bonds. The van der Waals surface area contributed by atoms with Gasteiger partial charge in [-0.25, -0.2) is 13.1 Å². The molecule has 0 aliphatic carbocycles. The van der Waals surface area contributed by atoms with Crippen LogP contribution in [0.4, 0.5) is 0 Å². The fourth-order valence-electron chi connectivity index (χ4n) is 1.99. The molecule has 0 radical (unpaired) electrons. The Kier molecular flexibility index (Phi) is 6.30. The lowest BCUT2D eigenvalue weighted by molar-refractivity contribution is 0.545. The molecule has 5 heteroatoms. The van der Waals surface area contributed by atoms with Gasteiger partial charge in [0.2, 0.25) is 10.0 Å². The topological polar surface area (TPSA) is 46.2 Å². The normalized spacial score (nSPS) is 15.2. The first-order valence-electron chi connectivity index (χ1n) is 6.60. The Balaban J connectivity index is 2.76. The van der Waals surface area contributed by atoms with Crippen molar-refractivity contribution in [1.82, 2.24) is 4.72 Å². The summed E-state index contributed by atoms with van der Waals surface area (Å²) in [6, 6.07) is 6.88. The lowest BCUT2D eigenvalue weighted by Gasteiger charge is -2.15. The van der Waals surface area contributed by atoms with Crippen LogP contribution in [0.5, 0.6) is 0 Å². The van der Waals surface area contributed by atoms with Gasteiger partial charge in [-0.15, -0.1) is 11.6 Å². The number of hydrogen-bond acceptors (Lipinski definition) is 2. The zero-order chi connectivity index (χ0) is 14.5. The lowest BCUT2D eigenvalue weighted by atomic mass is 10.1. The fraction of sp³-hybridized carbons (Fsp3) is 0.571. The fourth-order valence-corrected chi connectivity index (χ4v) is 3.52. The summed E-state index contributed by atoms with van der Waals surface area (Å²) in [4.78, 5) is 0.307. The third-order valence-corrected chi connectivity index (χ3v) is 4.59. The van der Waals surface area contributed by atoms with Gasteiger partial charge in [-0.1, -0.05) is 25.5 Å². The Labute approximate surface area is 121 Å². The van der Waals surface area contributed by atoms with E-state index in [1.54, 1.807) is 12.1 Å². The smallest absolute Gasteiger partial charge is 0.208 e. The highest BCUT2D eigenvalue weighted by atomic mass is 35.5. The molecule has 0 saturated carbocycles. The van der Waals surface area contributed by atoms with Crippen LogP contribution >= 0.6 is 11.6 Å². The number of aryl methyl sites for hydroxylation is 1. The molecule has 0 saturated heterocycles. The van der Waals surface area contributed by atoms with Gasteiger partial charge in [0.25, 0.3) is 0 Å². The number of rotatable bonds is 7. The third kappa shape index (κ3) is 5.51. The number of alkyl halides is 1. The van der Waals surface area contributed by atoms with E-state index < -0.39 is 10.0 Å². The number of halogens is 1. The SMILES string of the molecule is CCCc1ccc(S(=O)(=O)NC(C)CC(C)Cl)cc1. The van der Waals surface area contributed by atoms with E-state index in [0.717, 1.165) is 18.4 Å². The first-order valence-corrected chi connectivity index (χ1v) is 8.52. The predicted octanol–water partition coefficient (Wildman–Crippen LogP) is 3.32. The Morgan fingerprint density at radius 1 is 1.21 bits per heavy atom. The van der Waals surface area contributed by atoms with Crippen LogP contribution in [-0.4, -0.2) is 19.8 Å². The summed E-state index contributed by atoms with van der Waals surface area (Å²) in [6.07, 6.45) is 2.62. The molecule has 1 aromatic carbocycles. The number of hydrogen-bond donors (Lipinski definition) is 1. The zero-order valence-electron chi connectivity index (χ0n) is 11.7. The molecule has 0 heterocycles. The van der Waals surface area contributed by atoms with Crippen molar-refractivity contribution in [3.8, 4) is 0 Å². The van der Waals surface area contributed by atoms with E-state index >= 15 is 0 Å². The molecular formula is C14H22ClNO2S. The second kappa shape index (κ2) is 7.27. The van der Waals surface area contributed by atoms with Gasteiger partial charge in [-0.2, -0.15) is 0 Å². The van der Waals surface area contributed by atoms with Crippen LogP contribution in [0.1, 0.15) is 39.2 Å². The minimum Gasteiger partial charge on any atom is -0.208 e. The van der Waals surface area contributed by atoms with E-state index in [9.17, 15) is 8.42 Å². The lowest BCUT2D eigenvalue weighted by Crippen LogP contribution is -2.33. The average Bonchev–Trinajstić information content (AvgIpc) is 2.28. The summed E-state index contributed by atoms with van der Waals surface area (Å²) < 4.78 is 26.9. The van der Waals surface area contributed by atoms with Gasteiger partial charge in [-0.05, 0) is 44.4 Å². The predicted molar refractivity (Wildman–Crippen MR) is 80.2 cm³/mol. The molecule has 19 heavy (non-hydrogen) atoms. The van der Waals surface area contributed by atoms with Gasteiger partial charge in [0.15, 0.2) is 0 Å². The van der Waals surface area contributed by atoms with Crippen molar-refractivity contribution >= 4 is 21.6 Å². The standard InChI is InChI=1S/C14H22ClNO2S/c1-4-5-13-6-8-14(9-7-13)19(17,18)16-12(3)10-11(2)15/h6-9,11-12,16H,4-5,10H2,1-3H3. The van der Waals surface area contributed by atoms with Crippen molar-refractivity contribution in [2.45, 2.75) is 56.3 Å². The van der Waals surface area contributed by atoms with Crippen LogP contribution in [0.25, 0.3) is 0 Å². The summed E-state index contributed by atoms with van der Waals surface area (Å²) >= 11 is 5.87. The summed E-state index contributed by atoms with van der Waals surface area (Å²) in [7, 11) is -3.45. The Hall–Kier alpha value is -0.580. The van der Waals surface area contributed by atoms with Gasteiger partial charge in [0.05, 0.1) is 4.90 Å². The number of benzene rings is 1. The summed E-state index contributed by atoms with van der Waals surface area (Å²) in [5.41, 5.74) is 1.16. The van der Waals surface area contributed by atoms with Gasteiger partial charge in [-0.3, -0.25) is 0 Å². The molecule has 0 spiro atoms. The number of sulfonamides is 1. The molecule has 0 aliphatic rings. The highest BCUT2D eigenvalue weighted by molar-refractivity contribution is 7.89. The van der Waals surface area contributed by atoms with Crippen LogP contribution in [0.3, 0.4) is 0 Å². The first-order chi connectivity index (χ1) is 8.85. The van der Waals surface area contributed by atoms with E-state index in [4.69, 9.17) is 11.6 Å². The minimum absolute atomic E-state index is 0.0513. The van der Waals surface area contributed by atoms with Crippen molar-refractivity contribution in [2.24, 2.45) is 0 Å². The molecule has 2 atom stereocenters. The Morgan fingerprint density at radius 3 is 2.26 bits per heavy atom. The van der Waals surface area contributed by atoms with E-state index in [1.807, 2.05) is 26.0 Å². The maximum atomic E-state index is 12.1. The van der Waals surface area contributed by atoms with Crippen molar-refractivity contribution in [1.29, 1.82) is 0 Å². The second-order valence-electron chi connectivity index (χ2n) is 4.93. The van der Waals surface area contributed by atoms with E-state index in [1.165, 1.54) is 0 Å². The second-order valence-corrected chi connectivity index (χ2v) is 7.39. The van der Waals surface area contributed by atoms with Gasteiger partial charge >= 0.3 is 0 Å². The van der Waals surface area contributed by atoms with Crippen molar-refractivity contribution in [3.05, 3.63) is 29.8 Å². The quantitative estimate of drug-likeness (QED) is 0.785. The molecule has 0 aromatic heterocycles. The molecule has 0 fully saturated rings. The summed E-state index contributed by atoms with van der Waals surface area (Å²) in [5, 5.41) is -0.0513. The van der Waals surface area contributed by atoms with Gasteiger partial charge in [0, 0.05) is 11.4 Å². The molecule has 1 N–H and O–H groups in total. The summed E-state index contributed by atoms with van der Waals surface area (Å²) in [5.74, 6) is 0. The highest BCUT2D eigenvalue weighted by Gasteiger charge is 2.18. The molecular weight excluding hydrogens is 282 g/mol. The van der Waals surface area contributed by atoms with Crippen LogP contribution in [0.2, 0.25) is 0 Å². The van der Waals surface area contributed by atoms with Crippen LogP contribution in [-0.2, 0) is 16.4 Å². The average molecular weight is 304 g/mol. The monoisotopic (exact) mass is 303 g/mol. The number of nitrogens with one attached hydrogen (secondary N) is 1. The molecule has 3 nitrogen and oxygen atoms in total. The molecule has 2 unspecified atom stereocenters. The van der Waals surface area contributed by atoms with Crippen molar-refractivity contribution in [2.75, 3.05) is 0 Å².